The maximum absolute atomic E-state index is 11.0. The average molecular weight is 444 g/mol. The molecule has 2 N–H and O–H groups in total. The first-order chi connectivity index (χ1) is 15.9. The molecule has 0 saturated carbocycles. The van der Waals surface area contributed by atoms with Gasteiger partial charge in [-0.15, -0.1) is 5.10 Å². The third-order valence-electron chi connectivity index (χ3n) is 4.98. The van der Waals surface area contributed by atoms with E-state index in [0.717, 1.165) is 22.5 Å². The second-order valence-corrected chi connectivity index (χ2v) is 8.09. The molecule has 9 heteroatoms. The first-order valence-corrected chi connectivity index (χ1v) is 10.7. The predicted molar refractivity (Wildman–Crippen MR) is 125 cm³/mol. The number of aliphatic carboxylic acids is 1. The Labute approximate surface area is 191 Å². The molecule has 0 bridgehead atoms. The van der Waals surface area contributed by atoms with Crippen LogP contribution in [-0.4, -0.2) is 47.6 Å². The zero-order valence-electron chi connectivity index (χ0n) is 18.7. The Morgan fingerprint density at radius 2 is 1.82 bits per heavy atom. The maximum atomic E-state index is 11.0. The van der Waals surface area contributed by atoms with Gasteiger partial charge in [0.2, 0.25) is 5.95 Å². The van der Waals surface area contributed by atoms with Crippen LogP contribution in [0.25, 0.3) is 22.6 Å². The average Bonchev–Trinajstić information content (AvgIpc) is 3.26. The molecule has 3 aromatic heterocycles. The highest BCUT2D eigenvalue weighted by atomic mass is 16.4. The molecule has 0 aliphatic rings. The number of aryl methyl sites for hydroxylation is 1. The van der Waals surface area contributed by atoms with E-state index in [-0.39, 0.29) is 12.5 Å². The summed E-state index contributed by atoms with van der Waals surface area (Å²) < 4.78 is 1.71. The van der Waals surface area contributed by atoms with Gasteiger partial charge in [-0.2, -0.15) is 0 Å². The van der Waals surface area contributed by atoms with Crippen LogP contribution in [0.15, 0.2) is 54.7 Å². The van der Waals surface area contributed by atoms with Crippen molar-refractivity contribution in [3.05, 3.63) is 71.7 Å². The molecular weight excluding hydrogens is 418 g/mol. The molecule has 4 aromatic rings. The first kappa shape index (κ1) is 22.1. The van der Waals surface area contributed by atoms with Gasteiger partial charge in [-0.05, 0) is 37.1 Å². The Kier molecular flexibility index (Phi) is 6.39. The molecule has 1 aromatic carbocycles. The fraction of sp³-hybridized carbons (Fsp3) is 0.250. The normalized spacial score (nSPS) is 11.0. The molecule has 4 rings (SSSR count). The van der Waals surface area contributed by atoms with E-state index < -0.39 is 5.97 Å². The predicted octanol–water partition coefficient (Wildman–Crippen LogP) is 3.77. The lowest BCUT2D eigenvalue weighted by atomic mass is 10.1. The summed E-state index contributed by atoms with van der Waals surface area (Å²) in [5.74, 6) is -0.440. The Morgan fingerprint density at radius 1 is 1.03 bits per heavy atom. The van der Waals surface area contributed by atoms with Gasteiger partial charge in [-0.3, -0.25) is 9.78 Å². The molecule has 0 radical (unpaired) electrons. The lowest BCUT2D eigenvalue weighted by Gasteiger charge is -2.08. The van der Waals surface area contributed by atoms with Crippen molar-refractivity contribution < 1.29 is 9.90 Å². The van der Waals surface area contributed by atoms with Gasteiger partial charge in [-0.25, -0.2) is 14.6 Å². The minimum Gasteiger partial charge on any atom is -0.480 e. The summed E-state index contributed by atoms with van der Waals surface area (Å²) in [5.41, 5.74) is 5.69. The van der Waals surface area contributed by atoms with Crippen LogP contribution in [0, 0.1) is 6.92 Å². The molecule has 0 aliphatic carbocycles. The number of rotatable bonds is 8. The van der Waals surface area contributed by atoms with Gasteiger partial charge in [0.15, 0.2) is 0 Å². The van der Waals surface area contributed by atoms with Crippen LogP contribution < -0.4 is 5.32 Å². The lowest BCUT2D eigenvalue weighted by Crippen LogP contribution is -2.14. The van der Waals surface area contributed by atoms with Crippen molar-refractivity contribution in [2.45, 2.75) is 33.2 Å². The van der Waals surface area contributed by atoms with Gasteiger partial charge in [-0.1, -0.05) is 48.9 Å². The largest absolute Gasteiger partial charge is 0.480 e. The maximum Gasteiger partial charge on any atom is 0.322 e. The summed E-state index contributed by atoms with van der Waals surface area (Å²) in [5, 5.41) is 20.3. The number of carbonyl (C=O) groups is 1. The number of nitrogens with zero attached hydrogens (tertiary/aromatic N) is 6. The molecule has 9 nitrogen and oxygen atoms in total. The minimum atomic E-state index is -0.997. The van der Waals surface area contributed by atoms with E-state index in [0.29, 0.717) is 29.5 Å². The SMILES string of the molecule is Cc1cccc(-c2cc(-c3cn(Cc4cccc(C(C)C)n4)nn3)nc(NCC(=O)O)n2)c1. The number of aromatic nitrogens is 6. The molecule has 0 saturated heterocycles. The van der Waals surface area contributed by atoms with Crippen LogP contribution in [0.1, 0.15) is 36.7 Å². The van der Waals surface area contributed by atoms with Gasteiger partial charge in [0.05, 0.1) is 29.8 Å². The highest BCUT2D eigenvalue weighted by molar-refractivity contribution is 5.73. The molecule has 0 atom stereocenters. The number of pyridine rings is 1. The Bertz CT molecular complexity index is 1280. The Hall–Kier alpha value is -4.14. The van der Waals surface area contributed by atoms with Crippen LogP contribution in [0.3, 0.4) is 0 Å². The van der Waals surface area contributed by atoms with Crippen LogP contribution in [0.4, 0.5) is 5.95 Å². The van der Waals surface area contributed by atoms with Crippen molar-refractivity contribution in [2.75, 3.05) is 11.9 Å². The number of anilines is 1. The van der Waals surface area contributed by atoms with Crippen LogP contribution in [0.5, 0.6) is 0 Å². The van der Waals surface area contributed by atoms with Crippen molar-refractivity contribution in [1.29, 1.82) is 0 Å². The number of hydrogen-bond donors (Lipinski definition) is 2. The molecule has 0 fully saturated rings. The van der Waals surface area contributed by atoms with E-state index in [9.17, 15) is 4.79 Å². The summed E-state index contributed by atoms with van der Waals surface area (Å²) in [7, 11) is 0. The van der Waals surface area contributed by atoms with Gasteiger partial charge in [0.1, 0.15) is 12.2 Å². The van der Waals surface area contributed by atoms with Crippen molar-refractivity contribution in [2.24, 2.45) is 0 Å². The van der Waals surface area contributed by atoms with Crippen LogP contribution >= 0.6 is 0 Å². The summed E-state index contributed by atoms with van der Waals surface area (Å²) in [6, 6.07) is 15.7. The highest BCUT2D eigenvalue weighted by Crippen LogP contribution is 2.25. The monoisotopic (exact) mass is 443 g/mol. The van der Waals surface area contributed by atoms with E-state index in [2.05, 4.69) is 44.4 Å². The molecule has 0 spiro atoms. The van der Waals surface area contributed by atoms with Gasteiger partial charge < -0.3 is 10.4 Å². The number of benzene rings is 1. The molecule has 0 unspecified atom stereocenters. The topological polar surface area (TPSA) is 119 Å². The first-order valence-electron chi connectivity index (χ1n) is 10.7. The third kappa shape index (κ3) is 5.57. The number of hydrogen-bond acceptors (Lipinski definition) is 7. The summed E-state index contributed by atoms with van der Waals surface area (Å²) in [4.78, 5) is 24.7. The van der Waals surface area contributed by atoms with E-state index >= 15 is 0 Å². The molecular formula is C24H25N7O2. The molecule has 33 heavy (non-hydrogen) atoms. The van der Waals surface area contributed by atoms with E-state index in [4.69, 9.17) is 5.11 Å². The zero-order valence-corrected chi connectivity index (χ0v) is 18.7. The summed E-state index contributed by atoms with van der Waals surface area (Å²) >= 11 is 0. The number of nitrogens with one attached hydrogen (secondary N) is 1. The van der Waals surface area contributed by atoms with Crippen LogP contribution in [-0.2, 0) is 11.3 Å². The van der Waals surface area contributed by atoms with Crippen molar-refractivity contribution >= 4 is 11.9 Å². The smallest absolute Gasteiger partial charge is 0.322 e. The van der Waals surface area contributed by atoms with Crippen molar-refractivity contribution in [1.82, 2.24) is 29.9 Å². The number of carboxylic acids is 1. The highest BCUT2D eigenvalue weighted by Gasteiger charge is 2.13. The lowest BCUT2D eigenvalue weighted by molar-refractivity contribution is -0.134. The quantitative estimate of drug-likeness (QED) is 0.422. The number of carboxylic acid groups (broad SMARTS) is 1. The standard InChI is InChI=1S/C24H25N7O2/c1-15(2)19-9-5-8-18(26-19)13-31-14-22(29-30-31)21-11-20(17-7-4-6-16(3)10-17)27-24(28-21)25-12-23(32)33/h4-11,14-15H,12-13H2,1-3H3,(H,32,33)(H,25,27,28). The van der Waals surface area contributed by atoms with E-state index in [1.807, 2.05) is 55.5 Å². The summed E-state index contributed by atoms with van der Waals surface area (Å²) in [6.45, 7) is 6.41. The summed E-state index contributed by atoms with van der Waals surface area (Å²) in [6.07, 6.45) is 1.80. The molecule has 0 amide bonds. The fourth-order valence-electron chi connectivity index (χ4n) is 3.33. The van der Waals surface area contributed by atoms with Gasteiger partial charge in [0.25, 0.3) is 0 Å². The van der Waals surface area contributed by atoms with Crippen LogP contribution in [0.2, 0.25) is 0 Å². The van der Waals surface area contributed by atoms with E-state index in [1.54, 1.807) is 10.9 Å². The van der Waals surface area contributed by atoms with Crippen molar-refractivity contribution in [3.8, 4) is 22.6 Å². The molecule has 168 valence electrons. The van der Waals surface area contributed by atoms with Gasteiger partial charge in [0, 0.05) is 11.3 Å². The second kappa shape index (κ2) is 9.56. The molecule has 3 heterocycles. The van der Waals surface area contributed by atoms with E-state index in [1.165, 1.54) is 0 Å². The minimum absolute atomic E-state index is 0.215. The Morgan fingerprint density at radius 3 is 2.58 bits per heavy atom. The third-order valence-corrected chi connectivity index (χ3v) is 4.98. The fourth-order valence-corrected chi connectivity index (χ4v) is 3.33. The van der Waals surface area contributed by atoms with Crippen molar-refractivity contribution in [3.63, 3.8) is 0 Å². The Balaban J connectivity index is 1.66. The van der Waals surface area contributed by atoms with Gasteiger partial charge >= 0.3 is 5.97 Å². The molecule has 0 aliphatic heterocycles. The zero-order chi connectivity index (χ0) is 23.4. The second-order valence-electron chi connectivity index (χ2n) is 8.09.